The summed E-state index contributed by atoms with van der Waals surface area (Å²) in [7, 11) is 1.63. The van der Waals surface area contributed by atoms with Gasteiger partial charge in [-0.1, -0.05) is 36.3 Å². The van der Waals surface area contributed by atoms with Crippen LogP contribution in [-0.4, -0.2) is 16.9 Å². The lowest BCUT2D eigenvalue weighted by molar-refractivity contribution is -0.137. The van der Waals surface area contributed by atoms with Crippen LogP contribution in [0.25, 0.3) is 11.3 Å². The van der Waals surface area contributed by atoms with Gasteiger partial charge < -0.3 is 9.47 Å². The van der Waals surface area contributed by atoms with E-state index in [1.54, 1.807) is 60.5 Å². The average molecular weight is 569 g/mol. The first kappa shape index (κ1) is 30.2. The Labute approximate surface area is 244 Å². The Kier molecular flexibility index (Phi) is 9.22. The topological polar surface area (TPSA) is 36.3 Å². The smallest absolute Gasteiger partial charge is 0.416 e. The van der Waals surface area contributed by atoms with Crippen molar-refractivity contribution in [2.75, 3.05) is 7.11 Å². The van der Waals surface area contributed by atoms with Crippen molar-refractivity contribution in [1.82, 2.24) is 9.78 Å². The van der Waals surface area contributed by atoms with Gasteiger partial charge >= 0.3 is 6.18 Å². The molecular formula is C35H31F3N2O2. The molecule has 0 fully saturated rings. The van der Waals surface area contributed by atoms with E-state index in [2.05, 4.69) is 29.9 Å². The van der Waals surface area contributed by atoms with Gasteiger partial charge in [-0.2, -0.15) is 18.3 Å². The van der Waals surface area contributed by atoms with Crippen molar-refractivity contribution in [2.24, 2.45) is 0 Å². The molecule has 0 aliphatic heterocycles. The molecule has 2 aromatic carbocycles. The molecule has 214 valence electrons. The Morgan fingerprint density at radius 1 is 1.21 bits per heavy atom. The maximum Gasteiger partial charge on any atom is 0.416 e. The number of benzene rings is 2. The number of terminal acetylenes is 1. The van der Waals surface area contributed by atoms with Crippen molar-refractivity contribution in [1.29, 1.82) is 0 Å². The number of allylic oxidation sites excluding steroid dienone is 5. The summed E-state index contributed by atoms with van der Waals surface area (Å²) in [5, 5.41) is 4.53. The maximum atomic E-state index is 14.0. The maximum absolute atomic E-state index is 14.0. The summed E-state index contributed by atoms with van der Waals surface area (Å²) < 4.78 is 55.6. The summed E-state index contributed by atoms with van der Waals surface area (Å²) in [4.78, 5) is 0. The number of alkyl halides is 3. The second-order valence-electron chi connectivity index (χ2n) is 10.00. The number of rotatable bonds is 8. The molecule has 1 aliphatic rings. The van der Waals surface area contributed by atoms with Gasteiger partial charge in [0.25, 0.3) is 0 Å². The van der Waals surface area contributed by atoms with Gasteiger partial charge in [0.05, 0.1) is 17.9 Å². The zero-order chi connectivity index (χ0) is 30.4. The molecule has 1 unspecified atom stereocenters. The Morgan fingerprint density at radius 3 is 2.67 bits per heavy atom. The molecule has 3 aromatic rings. The van der Waals surface area contributed by atoms with Gasteiger partial charge in [-0.15, -0.1) is 18.7 Å². The van der Waals surface area contributed by atoms with Crippen LogP contribution in [-0.2, 0) is 10.9 Å². The number of ether oxygens (including phenoxy) is 2. The van der Waals surface area contributed by atoms with E-state index in [0.29, 0.717) is 34.6 Å². The zero-order valence-electron chi connectivity index (χ0n) is 23.8. The van der Waals surface area contributed by atoms with Gasteiger partial charge in [0, 0.05) is 24.4 Å². The highest BCUT2D eigenvalue weighted by Gasteiger charge is 2.33. The fourth-order valence-electron chi connectivity index (χ4n) is 4.51. The molecule has 0 spiro atoms. The van der Waals surface area contributed by atoms with E-state index in [1.165, 1.54) is 12.1 Å². The second-order valence-corrected chi connectivity index (χ2v) is 10.00. The Morgan fingerprint density at radius 2 is 1.98 bits per heavy atom. The van der Waals surface area contributed by atoms with Crippen molar-refractivity contribution in [2.45, 2.75) is 39.0 Å². The minimum absolute atomic E-state index is 0.0557. The Hall–Kier alpha value is -4.76. The molecule has 42 heavy (non-hydrogen) atoms. The summed E-state index contributed by atoms with van der Waals surface area (Å²) in [5.41, 5.74) is 7.13. The van der Waals surface area contributed by atoms with Crippen LogP contribution in [0.5, 0.6) is 5.75 Å². The molecule has 0 saturated carbocycles. The van der Waals surface area contributed by atoms with E-state index in [9.17, 15) is 13.2 Å². The molecule has 1 aromatic heterocycles. The molecule has 1 aliphatic carbocycles. The molecule has 0 radical (unpaired) electrons. The molecule has 1 heterocycles. The molecule has 0 bridgehead atoms. The number of aromatic nitrogens is 2. The molecule has 7 heteroatoms. The van der Waals surface area contributed by atoms with Crippen molar-refractivity contribution in [3.8, 4) is 23.8 Å². The van der Waals surface area contributed by atoms with Crippen LogP contribution in [0.2, 0.25) is 0 Å². The van der Waals surface area contributed by atoms with Crippen molar-refractivity contribution < 1.29 is 22.6 Å². The van der Waals surface area contributed by atoms with Crippen LogP contribution in [0.3, 0.4) is 0 Å². The second kappa shape index (κ2) is 12.8. The van der Waals surface area contributed by atoms with Crippen LogP contribution < -0.4 is 4.74 Å². The fourth-order valence-corrected chi connectivity index (χ4v) is 4.51. The van der Waals surface area contributed by atoms with Crippen LogP contribution >= 0.6 is 0 Å². The van der Waals surface area contributed by atoms with E-state index in [4.69, 9.17) is 15.9 Å². The first-order valence-electron chi connectivity index (χ1n) is 13.2. The normalized spacial score (nSPS) is 14.5. The summed E-state index contributed by atoms with van der Waals surface area (Å²) in [6.07, 6.45) is 10.3. The standard InChI is InChI=1S/C35H31F3N2O2/c1-7-26-15-16-32(40-22-28(21-39-40)33(41-6)17-23(2)3)34(19-26)42-29-18-25(5)24(4)11-10-12-27(20-29)30-13-8-9-14-31(30)35(36,37)38/h1,8-10,13-16,18-22,33H,2,5,12,17H2,3-4,6H3. The Balaban J connectivity index is 1.83. The monoisotopic (exact) mass is 568 g/mol. The van der Waals surface area contributed by atoms with Crippen LogP contribution in [0.4, 0.5) is 13.2 Å². The summed E-state index contributed by atoms with van der Waals surface area (Å²) in [6.45, 7) is 11.8. The van der Waals surface area contributed by atoms with Crippen LogP contribution in [0, 0.1) is 12.3 Å². The number of nitrogens with zero attached hydrogens (tertiary/aromatic N) is 2. The highest BCUT2D eigenvalue weighted by molar-refractivity contribution is 5.72. The SMILES string of the molecule is C#Cc1ccc(-n2cc(C(CC(=C)C)OC)cn2)c(OC2=CC(=C)C(C)=C=CCC(c3ccccc3C(F)(F)F)=C2)c1. The van der Waals surface area contributed by atoms with Gasteiger partial charge in [-0.25, -0.2) is 4.68 Å². The van der Waals surface area contributed by atoms with Gasteiger partial charge in [-0.05, 0) is 91.5 Å². The predicted octanol–water partition coefficient (Wildman–Crippen LogP) is 8.93. The fraction of sp³-hybridized carbons (Fsp3) is 0.200. The number of methoxy groups -OCH3 is 1. The first-order valence-corrected chi connectivity index (χ1v) is 13.2. The van der Waals surface area contributed by atoms with E-state index in [0.717, 1.165) is 22.8 Å². The van der Waals surface area contributed by atoms with Crippen molar-refractivity contribution >= 4 is 5.57 Å². The van der Waals surface area contributed by atoms with Gasteiger partial charge in [0.1, 0.15) is 11.4 Å². The molecule has 0 N–H and O–H groups in total. The molecule has 4 rings (SSSR count). The highest BCUT2D eigenvalue weighted by Crippen LogP contribution is 2.37. The molecule has 1 atom stereocenters. The van der Waals surface area contributed by atoms with Crippen LogP contribution in [0.1, 0.15) is 55.0 Å². The highest BCUT2D eigenvalue weighted by atomic mass is 19.4. The van der Waals surface area contributed by atoms with Crippen molar-refractivity contribution in [3.63, 3.8) is 0 Å². The van der Waals surface area contributed by atoms with E-state index < -0.39 is 11.7 Å². The molecular weight excluding hydrogens is 537 g/mol. The van der Waals surface area contributed by atoms with Crippen molar-refractivity contribution in [3.05, 3.63) is 137 Å². The van der Waals surface area contributed by atoms with E-state index in [-0.39, 0.29) is 23.8 Å². The lowest BCUT2D eigenvalue weighted by atomic mass is 9.96. The molecule has 0 amide bonds. The zero-order valence-corrected chi connectivity index (χ0v) is 23.8. The number of hydrogen-bond donors (Lipinski definition) is 0. The summed E-state index contributed by atoms with van der Waals surface area (Å²) >= 11 is 0. The summed E-state index contributed by atoms with van der Waals surface area (Å²) in [6, 6.07) is 10.7. The van der Waals surface area contributed by atoms with Crippen LogP contribution in [0.15, 0.2) is 114 Å². The molecule has 4 nitrogen and oxygen atoms in total. The minimum atomic E-state index is -4.53. The van der Waals surface area contributed by atoms with Gasteiger partial charge in [-0.3, -0.25) is 0 Å². The third-order valence-corrected chi connectivity index (χ3v) is 6.73. The van der Waals surface area contributed by atoms with Gasteiger partial charge in [0.2, 0.25) is 0 Å². The first-order chi connectivity index (χ1) is 20.0. The number of hydrogen-bond acceptors (Lipinski definition) is 3. The lowest BCUT2D eigenvalue weighted by Gasteiger charge is -2.17. The lowest BCUT2D eigenvalue weighted by Crippen LogP contribution is -2.09. The largest absolute Gasteiger partial charge is 0.455 e. The average Bonchev–Trinajstić information content (AvgIpc) is 3.45. The van der Waals surface area contributed by atoms with E-state index >= 15 is 0 Å². The third-order valence-electron chi connectivity index (χ3n) is 6.73. The minimum Gasteiger partial charge on any atom is -0.455 e. The summed E-state index contributed by atoms with van der Waals surface area (Å²) in [5.74, 6) is 3.25. The van der Waals surface area contributed by atoms with E-state index in [1.807, 2.05) is 20.0 Å². The predicted molar refractivity (Wildman–Crippen MR) is 160 cm³/mol. The van der Waals surface area contributed by atoms with Gasteiger partial charge in [0.15, 0.2) is 5.75 Å². The Bertz CT molecular complexity index is 1690. The third kappa shape index (κ3) is 7.11. The number of halogens is 3. The quantitative estimate of drug-likeness (QED) is 0.155. The molecule has 0 saturated heterocycles.